The number of ether oxygens (including phenoxy) is 3. The molecule has 1 amide bonds. The maximum absolute atomic E-state index is 13.5. The van der Waals surface area contributed by atoms with E-state index in [4.69, 9.17) is 9.57 Å². The van der Waals surface area contributed by atoms with Gasteiger partial charge in [-0.2, -0.15) is 18.3 Å². The monoisotopic (exact) mass is 672 g/mol. The Morgan fingerprint density at radius 3 is 2.39 bits per heavy atom. The fraction of sp³-hybridized carbons (Fsp3) is 0.370. The normalized spacial score (nSPS) is 12.6. The minimum atomic E-state index is -4.72. The van der Waals surface area contributed by atoms with Gasteiger partial charge in [0.25, 0.3) is 16.3 Å². The molecular formula is C27H31F3N6O9S. The van der Waals surface area contributed by atoms with Gasteiger partial charge in [-0.15, -0.1) is 5.01 Å². The highest BCUT2D eigenvalue weighted by Gasteiger charge is 2.35. The van der Waals surface area contributed by atoms with E-state index in [2.05, 4.69) is 19.8 Å². The number of carbonyl (C=O) groups is 2. The molecule has 46 heavy (non-hydrogen) atoms. The average Bonchev–Trinajstić information content (AvgIpc) is 3.45. The van der Waals surface area contributed by atoms with E-state index in [0.29, 0.717) is 5.56 Å². The molecule has 3 rings (SSSR count). The van der Waals surface area contributed by atoms with Crippen molar-refractivity contribution in [2.24, 2.45) is 5.28 Å². The highest BCUT2D eigenvalue weighted by Crippen LogP contribution is 2.33. The van der Waals surface area contributed by atoms with Gasteiger partial charge in [0, 0.05) is 18.9 Å². The fourth-order valence-corrected chi connectivity index (χ4v) is 4.52. The highest BCUT2D eigenvalue weighted by atomic mass is 32.2. The van der Waals surface area contributed by atoms with Crippen molar-refractivity contribution in [3.05, 3.63) is 71.1 Å². The molecule has 0 saturated heterocycles. The second-order valence-corrected chi connectivity index (χ2v) is 11.2. The molecule has 0 bridgehead atoms. The summed E-state index contributed by atoms with van der Waals surface area (Å²) in [5.74, 6) is 0. The van der Waals surface area contributed by atoms with Crippen LogP contribution in [0.5, 0.6) is 0 Å². The van der Waals surface area contributed by atoms with Gasteiger partial charge < -0.3 is 19.4 Å². The molecule has 0 aliphatic rings. The Balaban J connectivity index is 1.56. The zero-order valence-electron chi connectivity index (χ0n) is 25.1. The zero-order valence-corrected chi connectivity index (χ0v) is 25.9. The van der Waals surface area contributed by atoms with Crippen molar-refractivity contribution in [1.29, 1.82) is 0 Å². The summed E-state index contributed by atoms with van der Waals surface area (Å²) in [6.45, 7) is 4.50. The number of sulfonamides is 1. The quantitative estimate of drug-likeness (QED) is 0.0650. The van der Waals surface area contributed by atoms with Crippen LogP contribution in [-0.2, 0) is 35.2 Å². The van der Waals surface area contributed by atoms with Crippen LogP contribution in [0.15, 0.2) is 64.8 Å². The molecule has 1 heterocycles. The number of aromatic nitrogens is 2. The number of rotatable bonds is 13. The van der Waals surface area contributed by atoms with E-state index in [0.717, 1.165) is 33.5 Å². The van der Waals surface area contributed by atoms with Crippen molar-refractivity contribution >= 4 is 22.3 Å². The Morgan fingerprint density at radius 2 is 1.78 bits per heavy atom. The number of aryl methyl sites for hydroxylation is 1. The Hall–Kier alpha value is -5.07. The lowest BCUT2D eigenvalue weighted by atomic mass is 10.1. The summed E-state index contributed by atoms with van der Waals surface area (Å²) in [5.41, 5.74) is 0.509. The van der Waals surface area contributed by atoms with Crippen molar-refractivity contribution in [2.45, 2.75) is 44.6 Å². The molecule has 1 N–H and O–H groups in total. The van der Waals surface area contributed by atoms with Crippen LogP contribution in [0.3, 0.4) is 0 Å². The maximum Gasteiger partial charge on any atom is 0.511 e. The van der Waals surface area contributed by atoms with Crippen molar-refractivity contribution < 1.29 is 55.2 Å². The van der Waals surface area contributed by atoms with Crippen LogP contribution in [0.25, 0.3) is 16.9 Å². The minimum Gasteiger partial charge on any atom is -0.569 e. The van der Waals surface area contributed by atoms with Gasteiger partial charge >= 0.3 is 18.4 Å². The van der Waals surface area contributed by atoms with Gasteiger partial charge in [-0.05, 0) is 44.2 Å². The van der Waals surface area contributed by atoms with Gasteiger partial charge in [-0.1, -0.05) is 29.8 Å². The molecule has 0 saturated carbocycles. The third kappa shape index (κ3) is 9.98. The summed E-state index contributed by atoms with van der Waals surface area (Å²) in [7, 11) is -3.08. The first-order valence-corrected chi connectivity index (χ1v) is 15.0. The molecule has 2 aromatic carbocycles. The number of alkyl halides is 3. The molecule has 1 atom stereocenters. The van der Waals surface area contributed by atoms with Crippen LogP contribution in [0, 0.1) is 12.1 Å². The Labute approximate surface area is 261 Å². The molecule has 3 aromatic rings. The summed E-state index contributed by atoms with van der Waals surface area (Å²) < 4.78 is 82.7. The number of hydrogen-bond donors (Lipinski definition) is 1. The number of nitrogens with zero attached hydrogens (tertiary/aromatic N) is 5. The Bertz CT molecular complexity index is 1630. The zero-order chi connectivity index (χ0) is 34.1. The number of carbonyl (C=O) groups excluding carboxylic acids is 2. The number of benzene rings is 2. The molecular weight excluding hydrogens is 641 g/mol. The van der Waals surface area contributed by atoms with E-state index in [1.54, 1.807) is 35.9 Å². The summed E-state index contributed by atoms with van der Waals surface area (Å²) >= 11 is 0. The van der Waals surface area contributed by atoms with Crippen LogP contribution in [0.2, 0.25) is 0 Å². The fourth-order valence-electron chi connectivity index (χ4n) is 3.63. The average molecular weight is 673 g/mol. The van der Waals surface area contributed by atoms with Gasteiger partial charge in [0.2, 0.25) is 5.28 Å². The van der Waals surface area contributed by atoms with Crippen LogP contribution in [0.4, 0.5) is 22.8 Å². The summed E-state index contributed by atoms with van der Waals surface area (Å²) in [6, 6.07) is 12.3. The first-order chi connectivity index (χ1) is 21.6. The molecule has 0 aliphatic carbocycles. The Kier molecular flexibility index (Phi) is 11.8. The van der Waals surface area contributed by atoms with E-state index in [-0.39, 0.29) is 47.4 Å². The van der Waals surface area contributed by atoms with Crippen molar-refractivity contribution in [1.82, 2.24) is 19.5 Å². The molecule has 250 valence electrons. The lowest BCUT2D eigenvalue weighted by molar-refractivity contribution is -0.707. The predicted octanol–water partition coefficient (Wildman–Crippen LogP) is 4.93. The number of hydrogen-bond acceptors (Lipinski definition) is 11. The highest BCUT2D eigenvalue weighted by molar-refractivity contribution is 7.90. The van der Waals surface area contributed by atoms with Crippen molar-refractivity contribution in [2.75, 3.05) is 26.8 Å². The van der Waals surface area contributed by atoms with Crippen molar-refractivity contribution in [3.63, 3.8) is 0 Å². The first kappa shape index (κ1) is 35.4. The minimum absolute atomic E-state index is 0.000968. The standard InChI is InChI=1S/C27H31F3N6O9S/c1-5-42-26(38)44-19(3)45-33-36(39)34(4)15-6-16-43-25(37)32-46(40,41)22-13-11-21(12-14-22)35-23(17-24(31-35)27(28,29)30)20-9-7-18(2)8-10-20/h7-14,17,19H,5-6,15-16H2,1-4H3,(H,32,37). The SMILES string of the molecule is CCOC(=O)OC(C)ON=[N+]([O-])N(C)CCCOC(=O)NS(=O)(=O)c1ccc(-n2nc(C(F)(F)F)cc2-c2ccc(C)cc2)cc1. The van der Waals surface area contributed by atoms with E-state index >= 15 is 0 Å². The van der Waals surface area contributed by atoms with Crippen LogP contribution in [0.1, 0.15) is 31.5 Å². The second-order valence-electron chi connectivity index (χ2n) is 9.47. The lowest BCUT2D eigenvalue weighted by Gasteiger charge is -2.14. The molecule has 0 spiro atoms. The summed E-state index contributed by atoms with van der Waals surface area (Å²) in [4.78, 5) is 27.7. The predicted molar refractivity (Wildman–Crippen MR) is 152 cm³/mol. The van der Waals surface area contributed by atoms with E-state index in [9.17, 15) is 36.4 Å². The smallest absolute Gasteiger partial charge is 0.511 e. The summed E-state index contributed by atoms with van der Waals surface area (Å²) in [6.07, 6.45) is -8.15. The second kappa shape index (κ2) is 15.3. The third-order valence-electron chi connectivity index (χ3n) is 5.90. The van der Waals surface area contributed by atoms with Gasteiger partial charge in [-0.25, -0.2) is 27.4 Å². The van der Waals surface area contributed by atoms with Crippen LogP contribution < -0.4 is 4.72 Å². The molecule has 19 heteroatoms. The number of halogens is 3. The third-order valence-corrected chi connectivity index (χ3v) is 7.23. The van der Waals surface area contributed by atoms with Gasteiger partial charge in [0.1, 0.15) is 0 Å². The van der Waals surface area contributed by atoms with E-state index in [1.807, 2.05) is 6.92 Å². The number of amides is 1. The van der Waals surface area contributed by atoms with Gasteiger partial charge in [0.05, 0.1) is 48.1 Å². The molecule has 0 aliphatic heterocycles. The number of hydrazine groups is 1. The topological polar surface area (TPSA) is 177 Å². The molecule has 15 nitrogen and oxygen atoms in total. The molecule has 1 aromatic heterocycles. The molecule has 0 radical (unpaired) electrons. The first-order valence-electron chi connectivity index (χ1n) is 13.5. The number of nitrogens with one attached hydrogen (secondary N) is 1. The molecule has 0 fully saturated rings. The van der Waals surface area contributed by atoms with E-state index in [1.165, 1.54) is 26.1 Å². The van der Waals surface area contributed by atoms with Gasteiger partial charge in [-0.3, -0.25) is 4.84 Å². The van der Waals surface area contributed by atoms with Gasteiger partial charge in [0.15, 0.2) is 5.69 Å². The van der Waals surface area contributed by atoms with Crippen molar-refractivity contribution in [3.8, 4) is 16.9 Å². The lowest BCUT2D eigenvalue weighted by Crippen LogP contribution is -2.32. The van der Waals surface area contributed by atoms with Crippen LogP contribution in [-0.4, -0.2) is 73.5 Å². The van der Waals surface area contributed by atoms with Crippen LogP contribution >= 0.6 is 0 Å². The molecule has 1 unspecified atom stereocenters. The Morgan fingerprint density at radius 1 is 1.13 bits per heavy atom. The maximum atomic E-state index is 13.5. The van der Waals surface area contributed by atoms with E-state index < -0.39 is 40.4 Å². The largest absolute Gasteiger partial charge is 0.569 e. The summed E-state index contributed by atoms with van der Waals surface area (Å²) in [5, 5.41) is 19.8.